The van der Waals surface area contributed by atoms with Gasteiger partial charge in [0.25, 0.3) is 0 Å². The molecule has 3 aliphatic rings. The van der Waals surface area contributed by atoms with E-state index in [0.717, 1.165) is 56.3 Å². The Morgan fingerprint density at radius 3 is 2.50 bits per heavy atom. The Kier molecular flexibility index (Phi) is 8.41. The molecule has 0 amide bonds. The van der Waals surface area contributed by atoms with Crippen LogP contribution < -0.4 is 0 Å². The molecule has 0 bridgehead atoms. The minimum absolute atomic E-state index is 0.0934. The number of carbonyl (C=O) groups is 1. The molecule has 2 aliphatic heterocycles. The molecule has 3 rings (SSSR count). The molecule has 2 heterocycles. The van der Waals surface area contributed by atoms with E-state index in [0.29, 0.717) is 18.3 Å². The standard InChI is InChI=1S/C23H38O3S2/c1-4-5-6-7-19(24)9-8-18-12-13-23(25-16-22(2,3)17-26-23)20(18)10-11-21-27-14-15-28-21/h8-9,18,20-21H,4-7,10-17H2,1-3H3. The summed E-state index contributed by atoms with van der Waals surface area (Å²) < 4.78 is 13.6. The molecule has 0 aromatic heterocycles. The molecule has 3 fully saturated rings. The Bertz CT molecular complexity index is 530. The maximum Gasteiger partial charge on any atom is 0.171 e. The molecule has 0 aromatic carbocycles. The fourth-order valence-electron chi connectivity index (χ4n) is 4.57. The lowest BCUT2D eigenvalue weighted by Gasteiger charge is -2.45. The molecule has 160 valence electrons. The van der Waals surface area contributed by atoms with Gasteiger partial charge in [-0.15, -0.1) is 23.5 Å². The van der Waals surface area contributed by atoms with Gasteiger partial charge in [-0.2, -0.15) is 0 Å². The summed E-state index contributed by atoms with van der Waals surface area (Å²) in [5.41, 5.74) is 0.0934. The van der Waals surface area contributed by atoms with Crippen molar-refractivity contribution in [1.82, 2.24) is 0 Å². The molecular weight excluding hydrogens is 388 g/mol. The summed E-state index contributed by atoms with van der Waals surface area (Å²) in [6, 6.07) is 0. The molecule has 2 atom stereocenters. The van der Waals surface area contributed by atoms with E-state index >= 15 is 0 Å². The van der Waals surface area contributed by atoms with Crippen molar-refractivity contribution in [3.05, 3.63) is 12.2 Å². The monoisotopic (exact) mass is 426 g/mol. The molecule has 0 N–H and O–H groups in total. The first-order valence-electron chi connectivity index (χ1n) is 11.2. The molecular formula is C23H38O3S2. The quantitative estimate of drug-likeness (QED) is 0.330. The smallest absolute Gasteiger partial charge is 0.171 e. The average Bonchev–Trinajstić information content (AvgIpc) is 3.30. The van der Waals surface area contributed by atoms with Crippen LogP contribution in [0.3, 0.4) is 0 Å². The summed E-state index contributed by atoms with van der Waals surface area (Å²) in [6.45, 7) is 8.13. The number of ether oxygens (including phenoxy) is 2. The number of ketones is 1. The van der Waals surface area contributed by atoms with E-state index in [1.165, 1.54) is 17.9 Å². The third kappa shape index (κ3) is 6.02. The number of hydrogen-bond donors (Lipinski definition) is 0. The van der Waals surface area contributed by atoms with Crippen molar-refractivity contribution in [3.63, 3.8) is 0 Å². The Morgan fingerprint density at radius 1 is 1.11 bits per heavy atom. The Labute approximate surface area is 180 Å². The lowest BCUT2D eigenvalue weighted by atomic mass is 9.86. The SMILES string of the molecule is CCCCCC(=O)C=CC1CCC2(OCC(C)(C)CO2)C1CCC1SCCS1. The highest BCUT2D eigenvalue weighted by Gasteiger charge is 2.52. The van der Waals surface area contributed by atoms with Crippen molar-refractivity contribution in [2.75, 3.05) is 24.7 Å². The molecule has 2 unspecified atom stereocenters. The zero-order chi connectivity index (χ0) is 20.0. The highest BCUT2D eigenvalue weighted by atomic mass is 32.2. The van der Waals surface area contributed by atoms with Gasteiger partial charge in [-0.05, 0) is 37.7 Å². The Hall–Kier alpha value is 0.0300. The summed E-state index contributed by atoms with van der Waals surface area (Å²) in [4.78, 5) is 12.2. The fourth-order valence-corrected chi connectivity index (χ4v) is 7.44. The summed E-state index contributed by atoms with van der Waals surface area (Å²) in [7, 11) is 0. The highest BCUT2D eigenvalue weighted by Crippen LogP contribution is 2.51. The van der Waals surface area contributed by atoms with Crippen LogP contribution in [0.25, 0.3) is 0 Å². The number of carbonyl (C=O) groups excluding carboxylic acids is 1. The van der Waals surface area contributed by atoms with Gasteiger partial charge in [0.2, 0.25) is 0 Å². The third-order valence-electron chi connectivity index (χ3n) is 6.28. The molecule has 1 spiro atoms. The molecule has 0 radical (unpaired) electrons. The first-order valence-corrected chi connectivity index (χ1v) is 13.3. The van der Waals surface area contributed by atoms with Crippen molar-refractivity contribution >= 4 is 29.3 Å². The van der Waals surface area contributed by atoms with Crippen LogP contribution in [0.2, 0.25) is 0 Å². The topological polar surface area (TPSA) is 35.5 Å². The lowest BCUT2D eigenvalue weighted by molar-refractivity contribution is -0.316. The van der Waals surface area contributed by atoms with Gasteiger partial charge in [0.15, 0.2) is 11.6 Å². The van der Waals surface area contributed by atoms with E-state index in [1.807, 2.05) is 6.08 Å². The molecule has 5 heteroatoms. The van der Waals surface area contributed by atoms with Crippen molar-refractivity contribution in [2.45, 2.75) is 82.5 Å². The van der Waals surface area contributed by atoms with Gasteiger partial charge in [-0.1, -0.05) is 39.7 Å². The van der Waals surface area contributed by atoms with Crippen LogP contribution in [0.4, 0.5) is 0 Å². The molecule has 28 heavy (non-hydrogen) atoms. The number of hydrogen-bond acceptors (Lipinski definition) is 5. The summed E-state index contributed by atoms with van der Waals surface area (Å²) in [5.74, 6) is 3.17. The number of allylic oxidation sites excluding steroid dienone is 2. The maximum absolute atomic E-state index is 12.2. The fraction of sp³-hybridized carbons (Fsp3) is 0.870. The van der Waals surface area contributed by atoms with Crippen LogP contribution in [0, 0.1) is 17.3 Å². The third-order valence-corrected chi connectivity index (χ3v) is 9.45. The zero-order valence-electron chi connectivity index (χ0n) is 17.9. The van der Waals surface area contributed by atoms with E-state index in [2.05, 4.69) is 50.4 Å². The molecule has 1 saturated carbocycles. The summed E-state index contributed by atoms with van der Waals surface area (Å²) in [5, 5.41) is 0. The van der Waals surface area contributed by atoms with Crippen molar-refractivity contribution < 1.29 is 14.3 Å². The second-order valence-electron chi connectivity index (χ2n) is 9.39. The van der Waals surface area contributed by atoms with Crippen molar-refractivity contribution in [2.24, 2.45) is 17.3 Å². The predicted molar refractivity (Wildman–Crippen MR) is 121 cm³/mol. The predicted octanol–water partition coefficient (Wildman–Crippen LogP) is 6.07. The van der Waals surface area contributed by atoms with E-state index in [-0.39, 0.29) is 11.2 Å². The minimum atomic E-state index is -0.427. The van der Waals surface area contributed by atoms with E-state index in [4.69, 9.17) is 9.47 Å². The average molecular weight is 427 g/mol. The molecule has 1 aliphatic carbocycles. The maximum atomic E-state index is 12.2. The van der Waals surface area contributed by atoms with Crippen LogP contribution in [-0.2, 0) is 14.3 Å². The van der Waals surface area contributed by atoms with Gasteiger partial charge < -0.3 is 9.47 Å². The van der Waals surface area contributed by atoms with Gasteiger partial charge in [0.05, 0.1) is 17.8 Å². The Morgan fingerprint density at radius 2 is 1.82 bits per heavy atom. The Balaban J connectivity index is 1.63. The van der Waals surface area contributed by atoms with Crippen LogP contribution in [0.1, 0.15) is 72.1 Å². The van der Waals surface area contributed by atoms with Gasteiger partial charge in [0.1, 0.15) is 0 Å². The van der Waals surface area contributed by atoms with E-state index in [9.17, 15) is 4.79 Å². The van der Waals surface area contributed by atoms with Crippen molar-refractivity contribution in [3.8, 4) is 0 Å². The van der Waals surface area contributed by atoms with E-state index < -0.39 is 5.79 Å². The second kappa shape index (κ2) is 10.4. The summed E-state index contributed by atoms with van der Waals surface area (Å²) >= 11 is 4.20. The number of thioether (sulfide) groups is 2. The largest absolute Gasteiger partial charge is 0.349 e. The highest BCUT2D eigenvalue weighted by molar-refractivity contribution is 8.20. The molecule has 3 nitrogen and oxygen atoms in total. The van der Waals surface area contributed by atoms with Crippen LogP contribution in [0.5, 0.6) is 0 Å². The second-order valence-corrected chi connectivity index (χ2v) is 12.3. The molecule has 2 saturated heterocycles. The number of unbranched alkanes of at least 4 members (excludes halogenated alkanes) is 2. The van der Waals surface area contributed by atoms with Gasteiger partial charge in [-0.3, -0.25) is 4.79 Å². The van der Waals surface area contributed by atoms with Gasteiger partial charge in [0, 0.05) is 35.7 Å². The first-order chi connectivity index (χ1) is 13.4. The minimum Gasteiger partial charge on any atom is -0.349 e. The number of rotatable bonds is 9. The van der Waals surface area contributed by atoms with E-state index in [1.54, 1.807) is 0 Å². The van der Waals surface area contributed by atoms with Gasteiger partial charge in [-0.25, -0.2) is 0 Å². The summed E-state index contributed by atoms with van der Waals surface area (Å²) in [6.07, 6.45) is 12.4. The first kappa shape index (κ1) is 22.7. The molecule has 0 aromatic rings. The van der Waals surface area contributed by atoms with Crippen molar-refractivity contribution in [1.29, 1.82) is 0 Å². The van der Waals surface area contributed by atoms with Crippen LogP contribution in [-0.4, -0.2) is 40.9 Å². The zero-order valence-corrected chi connectivity index (χ0v) is 19.5. The van der Waals surface area contributed by atoms with Gasteiger partial charge >= 0.3 is 0 Å². The lowest BCUT2D eigenvalue weighted by Crippen LogP contribution is -2.50. The van der Waals surface area contributed by atoms with Crippen LogP contribution in [0.15, 0.2) is 12.2 Å². The normalized spacial score (nSPS) is 29.8. The van der Waals surface area contributed by atoms with Crippen LogP contribution >= 0.6 is 23.5 Å².